The van der Waals surface area contributed by atoms with Crippen molar-refractivity contribution in [2.45, 2.75) is 12.4 Å². The number of anilines is 2. The van der Waals surface area contributed by atoms with Crippen LogP contribution in [0.2, 0.25) is 0 Å². The lowest BCUT2D eigenvalue weighted by molar-refractivity contribution is -0.385. The van der Waals surface area contributed by atoms with Crippen LogP contribution in [0, 0.1) is 10.1 Å². The molecule has 156 valence electrons. The molecule has 0 unspecified atom stereocenters. The monoisotopic (exact) mass is 424 g/mol. The molecule has 1 heterocycles. The van der Waals surface area contributed by atoms with Gasteiger partial charge in [-0.1, -0.05) is 0 Å². The number of nitrogens with two attached hydrogens (primary N) is 1. The Morgan fingerprint density at radius 1 is 1.21 bits per heavy atom. The maximum absolute atomic E-state index is 13.2. The molecule has 0 fully saturated rings. The average Bonchev–Trinajstić information content (AvgIpc) is 2.59. The van der Waals surface area contributed by atoms with Gasteiger partial charge in [-0.15, -0.1) is 0 Å². The first kappa shape index (κ1) is 21.7. The van der Waals surface area contributed by atoms with Crippen molar-refractivity contribution in [3.8, 4) is 5.75 Å². The SMILES string of the molecule is NC(=O)c1cc([N+](=O)[O-])cnc1Nc1ccc(OCC(F)(F)F)c(C(F)(F)F)c1. The van der Waals surface area contributed by atoms with E-state index in [-0.39, 0.29) is 11.5 Å². The van der Waals surface area contributed by atoms with Crippen LogP contribution < -0.4 is 15.8 Å². The van der Waals surface area contributed by atoms with Gasteiger partial charge in [0.2, 0.25) is 0 Å². The quantitative estimate of drug-likeness (QED) is 0.414. The first-order valence-electron chi connectivity index (χ1n) is 7.40. The second-order valence-electron chi connectivity index (χ2n) is 5.45. The van der Waals surface area contributed by atoms with E-state index in [1.165, 1.54) is 0 Å². The van der Waals surface area contributed by atoms with Crippen LogP contribution in [-0.4, -0.2) is 28.6 Å². The molecular weight excluding hydrogens is 414 g/mol. The van der Waals surface area contributed by atoms with Crippen LogP contribution in [-0.2, 0) is 6.18 Å². The van der Waals surface area contributed by atoms with Gasteiger partial charge in [-0.05, 0) is 18.2 Å². The number of amides is 1. The molecular formula is C15H10F6N4O4. The van der Waals surface area contributed by atoms with Crippen molar-refractivity contribution in [1.29, 1.82) is 0 Å². The summed E-state index contributed by atoms with van der Waals surface area (Å²) in [7, 11) is 0. The number of nitro groups is 1. The first-order chi connectivity index (χ1) is 13.3. The molecule has 0 bridgehead atoms. The molecule has 0 aliphatic heterocycles. The molecule has 0 spiro atoms. The minimum Gasteiger partial charge on any atom is -0.483 e. The molecule has 1 amide bonds. The van der Waals surface area contributed by atoms with E-state index in [2.05, 4.69) is 15.0 Å². The van der Waals surface area contributed by atoms with Crippen molar-refractivity contribution in [3.63, 3.8) is 0 Å². The molecule has 3 N–H and O–H groups in total. The lowest BCUT2D eigenvalue weighted by Crippen LogP contribution is -2.21. The van der Waals surface area contributed by atoms with Gasteiger partial charge < -0.3 is 15.8 Å². The average molecular weight is 424 g/mol. The highest BCUT2D eigenvalue weighted by molar-refractivity contribution is 5.98. The predicted molar refractivity (Wildman–Crippen MR) is 85.7 cm³/mol. The third kappa shape index (κ3) is 5.70. The van der Waals surface area contributed by atoms with E-state index in [0.29, 0.717) is 12.1 Å². The Morgan fingerprint density at radius 2 is 1.86 bits per heavy atom. The number of hydrogen-bond acceptors (Lipinski definition) is 6. The van der Waals surface area contributed by atoms with Crippen molar-refractivity contribution in [3.05, 3.63) is 51.7 Å². The maximum atomic E-state index is 13.2. The summed E-state index contributed by atoms with van der Waals surface area (Å²) in [5.41, 5.74) is 2.17. The zero-order chi connectivity index (χ0) is 22.0. The van der Waals surface area contributed by atoms with Gasteiger partial charge in [0, 0.05) is 11.8 Å². The van der Waals surface area contributed by atoms with Gasteiger partial charge in [-0.2, -0.15) is 26.3 Å². The summed E-state index contributed by atoms with van der Waals surface area (Å²) in [4.78, 5) is 24.9. The molecule has 2 aromatic rings. The van der Waals surface area contributed by atoms with Crippen molar-refractivity contribution in [1.82, 2.24) is 4.98 Å². The Bertz CT molecular complexity index is 945. The Kier molecular flexibility index (Phi) is 5.85. The number of carbonyl (C=O) groups excluding carboxylic acids is 1. The highest BCUT2D eigenvalue weighted by Gasteiger charge is 2.36. The number of nitrogens with one attached hydrogen (secondary N) is 1. The molecule has 0 radical (unpaired) electrons. The summed E-state index contributed by atoms with van der Waals surface area (Å²) < 4.78 is 80.4. The minimum absolute atomic E-state index is 0.333. The Labute approximate surface area is 157 Å². The fraction of sp³-hybridized carbons (Fsp3) is 0.200. The van der Waals surface area contributed by atoms with Crippen LogP contribution in [0.1, 0.15) is 15.9 Å². The molecule has 0 saturated heterocycles. The van der Waals surface area contributed by atoms with Crippen LogP contribution >= 0.6 is 0 Å². The topological polar surface area (TPSA) is 120 Å². The zero-order valence-corrected chi connectivity index (χ0v) is 14.0. The second-order valence-corrected chi connectivity index (χ2v) is 5.45. The Balaban J connectivity index is 2.41. The molecule has 0 aliphatic rings. The van der Waals surface area contributed by atoms with Gasteiger partial charge in [-0.3, -0.25) is 14.9 Å². The minimum atomic E-state index is -5.06. The normalized spacial score (nSPS) is 11.8. The van der Waals surface area contributed by atoms with Crippen molar-refractivity contribution >= 4 is 23.1 Å². The summed E-state index contributed by atoms with van der Waals surface area (Å²) in [6.07, 6.45) is -9.17. The summed E-state index contributed by atoms with van der Waals surface area (Å²) in [5, 5.41) is 13.1. The zero-order valence-electron chi connectivity index (χ0n) is 14.0. The van der Waals surface area contributed by atoms with E-state index in [0.717, 1.165) is 18.3 Å². The lowest BCUT2D eigenvalue weighted by atomic mass is 10.1. The van der Waals surface area contributed by atoms with Crippen LogP contribution in [0.4, 0.5) is 43.5 Å². The van der Waals surface area contributed by atoms with E-state index in [1.54, 1.807) is 0 Å². The molecule has 14 heteroatoms. The largest absolute Gasteiger partial charge is 0.483 e. The predicted octanol–water partition coefficient (Wildman–Crippen LogP) is 3.79. The van der Waals surface area contributed by atoms with Gasteiger partial charge >= 0.3 is 12.4 Å². The van der Waals surface area contributed by atoms with Gasteiger partial charge in [-0.25, -0.2) is 4.98 Å². The summed E-state index contributed by atoms with van der Waals surface area (Å²) in [6, 6.07) is 2.78. The highest BCUT2D eigenvalue weighted by Crippen LogP contribution is 2.39. The fourth-order valence-electron chi connectivity index (χ4n) is 2.09. The van der Waals surface area contributed by atoms with Crippen molar-refractivity contribution < 1.29 is 40.8 Å². The van der Waals surface area contributed by atoms with E-state index in [4.69, 9.17) is 5.73 Å². The number of primary amides is 1. The summed E-state index contributed by atoms with van der Waals surface area (Å²) in [6.45, 7) is -1.93. The smallest absolute Gasteiger partial charge is 0.422 e. The Morgan fingerprint density at radius 3 is 2.38 bits per heavy atom. The Hall–Kier alpha value is -3.58. The number of carbonyl (C=O) groups is 1. The molecule has 29 heavy (non-hydrogen) atoms. The van der Waals surface area contributed by atoms with Gasteiger partial charge in [0.05, 0.1) is 16.1 Å². The van der Waals surface area contributed by atoms with Crippen LogP contribution in [0.25, 0.3) is 0 Å². The maximum Gasteiger partial charge on any atom is 0.422 e. The molecule has 0 aliphatic carbocycles. The second kappa shape index (κ2) is 7.81. The number of halogens is 6. The van der Waals surface area contributed by atoms with Crippen LogP contribution in [0.3, 0.4) is 0 Å². The molecule has 2 rings (SSSR count). The third-order valence-electron chi connectivity index (χ3n) is 3.29. The molecule has 0 atom stereocenters. The standard InChI is InChI=1S/C15H10F6N4O4/c16-14(17,18)6-29-11-2-1-7(3-10(11)15(19,20)21)24-13-9(12(22)26)4-8(5-23-13)25(27)28/h1-5H,6H2,(H2,22,26)(H,23,24). The van der Waals surface area contributed by atoms with E-state index in [1.807, 2.05) is 0 Å². The number of benzene rings is 1. The van der Waals surface area contributed by atoms with E-state index < -0.39 is 52.4 Å². The number of pyridine rings is 1. The lowest BCUT2D eigenvalue weighted by Gasteiger charge is -2.17. The number of ether oxygens (including phenoxy) is 1. The van der Waals surface area contributed by atoms with Gasteiger partial charge in [0.15, 0.2) is 6.61 Å². The van der Waals surface area contributed by atoms with E-state index >= 15 is 0 Å². The summed E-state index contributed by atoms with van der Waals surface area (Å²) in [5.74, 6) is -2.60. The van der Waals surface area contributed by atoms with Gasteiger partial charge in [0.25, 0.3) is 11.6 Å². The van der Waals surface area contributed by atoms with E-state index in [9.17, 15) is 41.3 Å². The molecule has 8 nitrogen and oxygen atoms in total. The summed E-state index contributed by atoms with van der Waals surface area (Å²) >= 11 is 0. The number of alkyl halides is 6. The fourth-order valence-corrected chi connectivity index (χ4v) is 2.09. The number of aromatic nitrogens is 1. The van der Waals surface area contributed by atoms with Crippen LogP contribution in [0.5, 0.6) is 5.75 Å². The number of hydrogen-bond donors (Lipinski definition) is 2. The molecule has 1 aromatic heterocycles. The first-order valence-corrected chi connectivity index (χ1v) is 7.40. The highest BCUT2D eigenvalue weighted by atomic mass is 19.4. The molecule has 1 aromatic carbocycles. The number of rotatable bonds is 6. The van der Waals surface area contributed by atoms with Crippen LogP contribution in [0.15, 0.2) is 30.5 Å². The molecule has 0 saturated carbocycles. The van der Waals surface area contributed by atoms with Crippen molar-refractivity contribution in [2.75, 3.05) is 11.9 Å². The number of nitrogens with zero attached hydrogens (tertiary/aromatic N) is 2. The third-order valence-corrected chi connectivity index (χ3v) is 3.29. The van der Waals surface area contributed by atoms with Gasteiger partial charge in [0.1, 0.15) is 17.8 Å². The van der Waals surface area contributed by atoms with Crippen molar-refractivity contribution in [2.24, 2.45) is 5.73 Å².